The van der Waals surface area contributed by atoms with Crippen LogP contribution in [-0.2, 0) is 16.1 Å². The van der Waals surface area contributed by atoms with Crippen LogP contribution < -0.4 is 15.5 Å². The molecule has 0 radical (unpaired) electrons. The van der Waals surface area contributed by atoms with E-state index < -0.39 is 5.92 Å². The molecule has 0 aliphatic carbocycles. The van der Waals surface area contributed by atoms with Gasteiger partial charge in [0.1, 0.15) is 0 Å². The van der Waals surface area contributed by atoms with E-state index in [4.69, 9.17) is 11.6 Å². The van der Waals surface area contributed by atoms with Gasteiger partial charge >= 0.3 is 0 Å². The molecule has 1 fully saturated rings. The molecule has 1 saturated heterocycles. The maximum absolute atomic E-state index is 12.6. The van der Waals surface area contributed by atoms with Gasteiger partial charge in [-0.3, -0.25) is 14.4 Å². The van der Waals surface area contributed by atoms with Gasteiger partial charge in [-0.05, 0) is 43.2 Å². The molecular formula is C23H26ClN3O3. The van der Waals surface area contributed by atoms with Crippen molar-refractivity contribution in [2.24, 2.45) is 5.92 Å². The highest BCUT2D eigenvalue weighted by Gasteiger charge is 2.35. The van der Waals surface area contributed by atoms with Crippen LogP contribution in [0.1, 0.15) is 42.6 Å². The lowest BCUT2D eigenvalue weighted by Gasteiger charge is -2.18. The number of para-hydroxylation sites is 1. The van der Waals surface area contributed by atoms with E-state index >= 15 is 0 Å². The van der Waals surface area contributed by atoms with Gasteiger partial charge in [-0.2, -0.15) is 0 Å². The van der Waals surface area contributed by atoms with Crippen molar-refractivity contribution in [3.63, 3.8) is 0 Å². The molecule has 2 atom stereocenters. The van der Waals surface area contributed by atoms with Gasteiger partial charge in [-0.1, -0.05) is 42.8 Å². The lowest BCUT2D eigenvalue weighted by Crippen LogP contribution is -2.33. The molecule has 1 aliphatic rings. The van der Waals surface area contributed by atoms with Crippen molar-refractivity contribution in [2.45, 2.75) is 39.3 Å². The van der Waals surface area contributed by atoms with Gasteiger partial charge in [0.25, 0.3) is 5.91 Å². The van der Waals surface area contributed by atoms with Gasteiger partial charge in [-0.25, -0.2) is 0 Å². The summed E-state index contributed by atoms with van der Waals surface area (Å²) in [4.78, 5) is 38.6. The third kappa shape index (κ3) is 5.19. The molecule has 0 bridgehead atoms. The quantitative estimate of drug-likeness (QED) is 0.709. The van der Waals surface area contributed by atoms with E-state index in [1.165, 1.54) is 0 Å². The largest absolute Gasteiger partial charge is 0.352 e. The number of nitrogens with zero attached hydrogens (tertiary/aromatic N) is 1. The molecule has 6 nitrogen and oxygen atoms in total. The van der Waals surface area contributed by atoms with Gasteiger partial charge in [0.2, 0.25) is 11.8 Å². The average molecular weight is 428 g/mol. The van der Waals surface area contributed by atoms with E-state index in [0.717, 1.165) is 12.0 Å². The Hall–Kier alpha value is -2.86. The van der Waals surface area contributed by atoms with E-state index in [1.54, 1.807) is 35.2 Å². The summed E-state index contributed by atoms with van der Waals surface area (Å²) in [6.45, 7) is 4.62. The molecule has 0 saturated carbocycles. The van der Waals surface area contributed by atoms with Gasteiger partial charge in [0.05, 0.1) is 16.6 Å². The molecule has 2 N–H and O–H groups in total. The molecule has 30 heavy (non-hydrogen) atoms. The zero-order valence-electron chi connectivity index (χ0n) is 17.2. The van der Waals surface area contributed by atoms with Crippen LogP contribution in [0.3, 0.4) is 0 Å². The summed E-state index contributed by atoms with van der Waals surface area (Å²) in [5, 5.41) is 6.30. The molecule has 1 heterocycles. The maximum atomic E-state index is 12.6. The molecule has 7 heteroatoms. The summed E-state index contributed by atoms with van der Waals surface area (Å²) in [5.41, 5.74) is 2.10. The summed E-state index contributed by atoms with van der Waals surface area (Å²) < 4.78 is 0. The predicted molar refractivity (Wildman–Crippen MR) is 117 cm³/mol. The number of nitrogens with one attached hydrogen (secondary N) is 2. The van der Waals surface area contributed by atoms with Crippen LogP contribution >= 0.6 is 11.6 Å². The van der Waals surface area contributed by atoms with E-state index in [0.29, 0.717) is 29.4 Å². The molecule has 2 aromatic rings. The van der Waals surface area contributed by atoms with Crippen molar-refractivity contribution in [1.82, 2.24) is 10.6 Å². The van der Waals surface area contributed by atoms with Crippen molar-refractivity contribution in [2.75, 3.05) is 11.4 Å². The minimum atomic E-state index is -0.422. The Morgan fingerprint density at radius 3 is 2.53 bits per heavy atom. The van der Waals surface area contributed by atoms with Crippen LogP contribution in [0, 0.1) is 5.92 Å². The SMILES string of the molecule is CC[C@H](C)NC(=O)c1ccc(CNC(=O)[C@@H]2CC(=O)N(c3ccccc3Cl)C2)cc1. The fraction of sp³-hybridized carbons (Fsp3) is 0.348. The van der Waals surface area contributed by atoms with E-state index in [2.05, 4.69) is 10.6 Å². The number of benzene rings is 2. The number of halogens is 1. The third-order valence-corrected chi connectivity index (χ3v) is 5.63. The summed E-state index contributed by atoms with van der Waals surface area (Å²) in [6.07, 6.45) is 1.03. The van der Waals surface area contributed by atoms with Gasteiger partial charge in [-0.15, -0.1) is 0 Å². The first-order valence-electron chi connectivity index (χ1n) is 10.1. The van der Waals surface area contributed by atoms with Gasteiger partial charge < -0.3 is 15.5 Å². The summed E-state index contributed by atoms with van der Waals surface area (Å²) >= 11 is 6.19. The first-order chi connectivity index (χ1) is 14.4. The fourth-order valence-electron chi connectivity index (χ4n) is 3.30. The zero-order valence-corrected chi connectivity index (χ0v) is 17.9. The Morgan fingerprint density at radius 1 is 1.17 bits per heavy atom. The minimum absolute atomic E-state index is 0.107. The molecule has 0 aromatic heterocycles. The van der Waals surface area contributed by atoms with Crippen LogP contribution in [-0.4, -0.2) is 30.3 Å². The number of carbonyl (C=O) groups is 3. The van der Waals surface area contributed by atoms with Gasteiger partial charge in [0, 0.05) is 31.1 Å². The van der Waals surface area contributed by atoms with Crippen LogP contribution in [0.25, 0.3) is 0 Å². The molecule has 158 valence electrons. The minimum Gasteiger partial charge on any atom is -0.352 e. The average Bonchev–Trinajstić information content (AvgIpc) is 3.14. The van der Waals surface area contributed by atoms with E-state index in [1.807, 2.05) is 32.0 Å². The smallest absolute Gasteiger partial charge is 0.251 e. The van der Waals surface area contributed by atoms with Crippen molar-refractivity contribution in [1.29, 1.82) is 0 Å². The van der Waals surface area contributed by atoms with E-state index in [9.17, 15) is 14.4 Å². The van der Waals surface area contributed by atoms with Crippen LogP contribution in [0.2, 0.25) is 5.02 Å². The molecule has 0 unspecified atom stereocenters. The Balaban J connectivity index is 1.54. The summed E-state index contributed by atoms with van der Waals surface area (Å²) in [6, 6.07) is 14.4. The predicted octanol–water partition coefficient (Wildman–Crippen LogP) is 3.54. The lowest BCUT2D eigenvalue weighted by atomic mass is 10.1. The number of carbonyl (C=O) groups excluding carboxylic acids is 3. The highest BCUT2D eigenvalue weighted by Crippen LogP contribution is 2.31. The van der Waals surface area contributed by atoms with Crippen LogP contribution in [0.4, 0.5) is 5.69 Å². The second-order valence-corrected chi connectivity index (χ2v) is 7.96. The standard InChI is InChI=1S/C23H26ClN3O3/c1-3-15(2)26-23(30)17-10-8-16(9-11-17)13-25-22(29)18-12-21(28)27(14-18)20-7-5-4-6-19(20)24/h4-11,15,18H,3,12-14H2,1-2H3,(H,25,29)(H,26,30)/t15-,18+/m0/s1. The van der Waals surface area contributed by atoms with Crippen LogP contribution in [0.15, 0.2) is 48.5 Å². The second-order valence-electron chi connectivity index (χ2n) is 7.55. The second kappa shape index (κ2) is 9.76. The number of amides is 3. The summed E-state index contributed by atoms with van der Waals surface area (Å²) in [5.74, 6) is -0.810. The number of anilines is 1. The van der Waals surface area contributed by atoms with Crippen molar-refractivity contribution < 1.29 is 14.4 Å². The molecule has 3 rings (SSSR count). The van der Waals surface area contributed by atoms with Crippen molar-refractivity contribution in [3.8, 4) is 0 Å². The Bertz CT molecular complexity index is 930. The lowest BCUT2D eigenvalue weighted by molar-refractivity contribution is -0.126. The normalized spacial score (nSPS) is 17.0. The topological polar surface area (TPSA) is 78.5 Å². The Kier molecular flexibility index (Phi) is 7.11. The fourth-order valence-corrected chi connectivity index (χ4v) is 3.54. The molecule has 1 aliphatic heterocycles. The third-order valence-electron chi connectivity index (χ3n) is 5.31. The monoisotopic (exact) mass is 427 g/mol. The van der Waals surface area contributed by atoms with E-state index in [-0.39, 0.29) is 30.2 Å². The first kappa shape index (κ1) is 21.8. The van der Waals surface area contributed by atoms with Crippen molar-refractivity contribution in [3.05, 3.63) is 64.7 Å². The Morgan fingerprint density at radius 2 is 1.87 bits per heavy atom. The van der Waals surface area contributed by atoms with Crippen molar-refractivity contribution >= 4 is 35.0 Å². The number of hydrogen-bond acceptors (Lipinski definition) is 3. The molecule has 2 aromatic carbocycles. The molecule has 3 amide bonds. The number of hydrogen-bond donors (Lipinski definition) is 2. The summed E-state index contributed by atoms with van der Waals surface area (Å²) in [7, 11) is 0. The highest BCUT2D eigenvalue weighted by molar-refractivity contribution is 6.33. The van der Waals surface area contributed by atoms with Crippen LogP contribution in [0.5, 0.6) is 0 Å². The molecular weight excluding hydrogens is 402 g/mol. The Labute approximate surface area is 181 Å². The highest BCUT2D eigenvalue weighted by atomic mass is 35.5. The number of rotatable bonds is 7. The zero-order chi connectivity index (χ0) is 21.7. The molecule has 0 spiro atoms. The van der Waals surface area contributed by atoms with Gasteiger partial charge in [0.15, 0.2) is 0 Å². The first-order valence-corrected chi connectivity index (χ1v) is 10.5. The maximum Gasteiger partial charge on any atom is 0.251 e.